The van der Waals surface area contributed by atoms with Gasteiger partial charge in [-0.2, -0.15) is 0 Å². The Labute approximate surface area is 135 Å². The fourth-order valence-electron chi connectivity index (χ4n) is 0.891. The second-order valence-corrected chi connectivity index (χ2v) is 2.89. The summed E-state index contributed by atoms with van der Waals surface area (Å²) in [5.41, 5.74) is 5.45. The molecule has 0 spiro atoms. The zero-order valence-electron chi connectivity index (χ0n) is 8.88. The summed E-state index contributed by atoms with van der Waals surface area (Å²) in [6.07, 6.45) is 0. The molecule has 0 aliphatic heterocycles. The van der Waals surface area contributed by atoms with Crippen LogP contribution in [0, 0.1) is 0 Å². The fourth-order valence-corrected chi connectivity index (χ4v) is 0.891. The molecule has 2 N–H and O–H groups in total. The average Bonchev–Trinajstić information content (AvgIpc) is 2.26. The Balaban J connectivity index is 0.00000225. The number of hydrogen-bond acceptors (Lipinski definition) is 5. The Kier molecular flexibility index (Phi) is 7.82. The van der Waals surface area contributed by atoms with Gasteiger partial charge in [-0.05, 0) is 12.1 Å². The van der Waals surface area contributed by atoms with Crippen molar-refractivity contribution >= 4 is 11.9 Å². The monoisotopic (exact) mass is 247 g/mol. The van der Waals surface area contributed by atoms with Crippen molar-refractivity contribution in [1.82, 2.24) is 0 Å². The third-order valence-corrected chi connectivity index (χ3v) is 1.71. The van der Waals surface area contributed by atoms with Crippen LogP contribution in [0.15, 0.2) is 30.3 Å². The van der Waals surface area contributed by atoms with E-state index in [2.05, 4.69) is 4.74 Å². The first kappa shape index (κ1) is 15.8. The summed E-state index contributed by atoms with van der Waals surface area (Å²) < 4.78 is 4.67. The number of ether oxygens (including phenoxy) is 1. The maximum Gasteiger partial charge on any atom is 1.00 e. The second kappa shape index (κ2) is 7.94. The van der Waals surface area contributed by atoms with Crippen LogP contribution in [0.1, 0.15) is 10.4 Å². The van der Waals surface area contributed by atoms with Gasteiger partial charge < -0.3 is 20.4 Å². The third-order valence-electron chi connectivity index (χ3n) is 1.71. The van der Waals surface area contributed by atoms with Crippen molar-refractivity contribution in [3.8, 4) is 0 Å². The zero-order valence-corrected chi connectivity index (χ0v) is 12.0. The maximum absolute atomic E-state index is 11.3. The van der Waals surface area contributed by atoms with Gasteiger partial charge in [-0.15, -0.1) is 0 Å². The molecule has 0 saturated heterocycles. The van der Waals surface area contributed by atoms with Gasteiger partial charge in [0.1, 0.15) is 6.61 Å². The maximum atomic E-state index is 11.3. The van der Waals surface area contributed by atoms with E-state index in [0.29, 0.717) is 5.56 Å². The molecule has 0 heterocycles. The molecule has 0 bridgehead atoms. The van der Waals surface area contributed by atoms with Crippen LogP contribution in [0.25, 0.3) is 0 Å². The second-order valence-electron chi connectivity index (χ2n) is 2.89. The predicted molar refractivity (Wildman–Crippen MR) is 49.7 cm³/mol. The Hall–Kier alpha value is -0.244. The van der Waals surface area contributed by atoms with Crippen molar-refractivity contribution in [2.45, 2.75) is 6.04 Å². The van der Waals surface area contributed by atoms with Gasteiger partial charge in [0.15, 0.2) is 0 Å². The van der Waals surface area contributed by atoms with E-state index in [0.717, 1.165) is 0 Å². The molecule has 80 valence electrons. The van der Waals surface area contributed by atoms with E-state index < -0.39 is 24.6 Å². The molecule has 1 unspecified atom stereocenters. The van der Waals surface area contributed by atoms with Gasteiger partial charge in [0.2, 0.25) is 0 Å². The summed E-state index contributed by atoms with van der Waals surface area (Å²) >= 11 is 0. The van der Waals surface area contributed by atoms with E-state index in [-0.39, 0.29) is 51.4 Å². The van der Waals surface area contributed by atoms with Gasteiger partial charge in [0.05, 0.1) is 17.6 Å². The number of rotatable bonds is 4. The molecule has 6 heteroatoms. The molecule has 0 aliphatic carbocycles. The van der Waals surface area contributed by atoms with Crippen LogP contribution < -0.4 is 62.2 Å². The minimum absolute atomic E-state index is 0. The van der Waals surface area contributed by atoms with E-state index in [1.807, 2.05) is 0 Å². The predicted octanol–water partition coefficient (Wildman–Crippen LogP) is -4.08. The van der Waals surface area contributed by atoms with Crippen LogP contribution in [-0.4, -0.2) is 24.6 Å². The number of esters is 1. The van der Waals surface area contributed by atoms with Crippen LogP contribution in [-0.2, 0) is 9.53 Å². The molecule has 1 rings (SSSR count). The quantitative estimate of drug-likeness (QED) is 0.431. The van der Waals surface area contributed by atoms with Crippen molar-refractivity contribution in [1.29, 1.82) is 0 Å². The van der Waals surface area contributed by atoms with Gasteiger partial charge in [-0.1, -0.05) is 18.2 Å². The normalized spacial score (nSPS) is 11.1. The average molecular weight is 247 g/mol. The first-order valence-electron chi connectivity index (χ1n) is 4.30. The molecule has 0 aromatic heterocycles. The molecule has 16 heavy (non-hydrogen) atoms. The molecule has 1 aromatic carbocycles. The van der Waals surface area contributed by atoms with Crippen LogP contribution in [0.4, 0.5) is 0 Å². The summed E-state index contributed by atoms with van der Waals surface area (Å²) in [6, 6.07) is 6.94. The molecule has 0 aliphatic rings. The van der Waals surface area contributed by atoms with Gasteiger partial charge in [-0.25, -0.2) is 4.79 Å². The number of carbonyl (C=O) groups is 2. The first-order chi connectivity index (χ1) is 7.11. The largest absolute Gasteiger partial charge is 1.00 e. The van der Waals surface area contributed by atoms with Crippen LogP contribution in [0.3, 0.4) is 0 Å². The number of aliphatic carboxylic acids is 1. The summed E-state index contributed by atoms with van der Waals surface area (Å²) in [5, 5.41) is 10.2. The smallest absolute Gasteiger partial charge is 0.548 e. The number of nitrogens with two attached hydrogens (primary N) is 1. The number of hydrogen-bond donors (Lipinski definition) is 1. The number of benzene rings is 1. The Bertz CT molecular complexity index is 355. The van der Waals surface area contributed by atoms with E-state index in [1.54, 1.807) is 30.3 Å². The minimum atomic E-state index is -1.45. The van der Waals surface area contributed by atoms with Crippen LogP contribution in [0.2, 0.25) is 0 Å². The SMILES string of the molecule is NC(COC(=O)c1ccccc1)C(=O)[O-].[K+]. The van der Waals surface area contributed by atoms with Crippen molar-refractivity contribution < 1.29 is 70.8 Å². The van der Waals surface area contributed by atoms with Crippen LogP contribution >= 0.6 is 0 Å². The van der Waals surface area contributed by atoms with E-state index in [4.69, 9.17) is 5.73 Å². The zero-order chi connectivity index (χ0) is 11.3. The molecule has 0 amide bonds. The van der Waals surface area contributed by atoms with E-state index >= 15 is 0 Å². The number of carbonyl (C=O) groups excluding carboxylic acids is 2. The number of carboxylic acids is 1. The summed E-state index contributed by atoms with van der Waals surface area (Å²) in [4.78, 5) is 21.5. The first-order valence-corrected chi connectivity index (χ1v) is 4.30. The Morgan fingerprint density at radius 1 is 1.31 bits per heavy atom. The molecule has 0 radical (unpaired) electrons. The molecule has 1 aromatic rings. The summed E-state index contributed by atoms with van der Waals surface area (Å²) in [7, 11) is 0. The number of carboxylic acid groups (broad SMARTS) is 1. The third kappa shape index (κ3) is 5.20. The van der Waals surface area contributed by atoms with E-state index in [1.165, 1.54) is 0 Å². The molecular weight excluding hydrogens is 237 g/mol. The Morgan fingerprint density at radius 3 is 2.38 bits per heavy atom. The fraction of sp³-hybridized carbons (Fsp3) is 0.200. The van der Waals surface area contributed by atoms with Gasteiger partial charge in [0.25, 0.3) is 0 Å². The summed E-state index contributed by atoms with van der Waals surface area (Å²) in [5.74, 6) is -2.05. The van der Waals surface area contributed by atoms with Crippen LogP contribution in [0.5, 0.6) is 0 Å². The Morgan fingerprint density at radius 2 is 1.88 bits per heavy atom. The van der Waals surface area contributed by atoms with Gasteiger partial charge in [-0.3, -0.25) is 0 Å². The molecule has 5 nitrogen and oxygen atoms in total. The van der Waals surface area contributed by atoms with Crippen molar-refractivity contribution in [3.05, 3.63) is 35.9 Å². The van der Waals surface area contributed by atoms with Crippen molar-refractivity contribution in [2.24, 2.45) is 5.73 Å². The molecule has 1 atom stereocenters. The topological polar surface area (TPSA) is 92.5 Å². The standard InChI is InChI=1S/C10H11NO4.K/c11-8(9(12)13)6-15-10(14)7-4-2-1-3-5-7;/h1-5,8H,6,11H2,(H,12,13);/q;+1/p-1. The van der Waals surface area contributed by atoms with Crippen molar-refractivity contribution in [3.63, 3.8) is 0 Å². The van der Waals surface area contributed by atoms with Gasteiger partial charge in [0, 0.05) is 0 Å². The van der Waals surface area contributed by atoms with E-state index in [9.17, 15) is 14.7 Å². The molecular formula is C10H10KNO4. The molecule has 0 fully saturated rings. The minimum Gasteiger partial charge on any atom is -0.548 e. The molecule has 0 saturated carbocycles. The van der Waals surface area contributed by atoms with Gasteiger partial charge >= 0.3 is 57.4 Å². The summed E-state index contributed by atoms with van der Waals surface area (Å²) in [6.45, 7) is -0.393. The van der Waals surface area contributed by atoms with Crippen molar-refractivity contribution in [2.75, 3.05) is 6.61 Å².